The van der Waals surface area contributed by atoms with Gasteiger partial charge in [0.2, 0.25) is 0 Å². The summed E-state index contributed by atoms with van der Waals surface area (Å²) in [5, 5.41) is 9.09. The highest BCUT2D eigenvalue weighted by Crippen LogP contribution is 2.14. The van der Waals surface area contributed by atoms with Crippen LogP contribution in [0.2, 0.25) is 0 Å². The van der Waals surface area contributed by atoms with Gasteiger partial charge in [0.25, 0.3) is 0 Å². The summed E-state index contributed by atoms with van der Waals surface area (Å²) in [4.78, 5) is 15.0. The fourth-order valence-corrected chi connectivity index (χ4v) is 1.97. The van der Waals surface area contributed by atoms with E-state index in [0.717, 1.165) is 11.3 Å². The summed E-state index contributed by atoms with van der Waals surface area (Å²) < 4.78 is 0. The average Bonchev–Trinajstić information content (AvgIpc) is 2.29. The van der Waals surface area contributed by atoms with Crippen LogP contribution in [0.1, 0.15) is 18.9 Å². The summed E-state index contributed by atoms with van der Waals surface area (Å²) in [6.07, 6.45) is 0.613. The Morgan fingerprint density at radius 1 is 1.22 bits per heavy atom. The molecule has 0 spiro atoms. The van der Waals surface area contributed by atoms with Gasteiger partial charge in [-0.05, 0) is 31.2 Å². The quantitative estimate of drug-likeness (QED) is 0.839. The fraction of sp³-hybridized carbons (Fsp3) is 0.500. The Labute approximate surface area is 109 Å². The molecule has 0 aliphatic carbocycles. The van der Waals surface area contributed by atoms with Gasteiger partial charge in [-0.15, -0.1) is 0 Å². The van der Waals surface area contributed by atoms with Crippen LogP contribution >= 0.6 is 0 Å². The van der Waals surface area contributed by atoms with Gasteiger partial charge in [-0.2, -0.15) is 0 Å². The van der Waals surface area contributed by atoms with Gasteiger partial charge in [-0.1, -0.05) is 19.1 Å². The minimum atomic E-state index is -0.759. The topological polar surface area (TPSA) is 43.8 Å². The molecule has 0 aromatic heterocycles. The monoisotopic (exact) mass is 250 g/mol. The van der Waals surface area contributed by atoms with E-state index in [1.807, 2.05) is 62.1 Å². The van der Waals surface area contributed by atoms with E-state index in [-0.39, 0.29) is 0 Å². The molecule has 1 N–H and O–H groups in total. The number of hydrogen-bond acceptors (Lipinski definition) is 3. The predicted molar refractivity (Wildman–Crippen MR) is 74.0 cm³/mol. The van der Waals surface area contributed by atoms with Crippen molar-refractivity contribution in [3.05, 3.63) is 29.8 Å². The van der Waals surface area contributed by atoms with Gasteiger partial charge in [-0.25, -0.2) is 0 Å². The Morgan fingerprint density at radius 2 is 1.78 bits per heavy atom. The van der Waals surface area contributed by atoms with Gasteiger partial charge in [0.15, 0.2) is 0 Å². The van der Waals surface area contributed by atoms with Crippen molar-refractivity contribution in [2.45, 2.75) is 25.9 Å². The molecule has 0 aliphatic heterocycles. The lowest BCUT2D eigenvalue weighted by molar-refractivity contribution is -0.143. The van der Waals surface area contributed by atoms with Gasteiger partial charge in [0, 0.05) is 26.3 Å². The maximum absolute atomic E-state index is 11.1. The number of carboxylic acid groups (broad SMARTS) is 1. The first-order chi connectivity index (χ1) is 8.45. The first-order valence-corrected chi connectivity index (χ1v) is 6.15. The molecule has 0 heterocycles. The highest BCUT2D eigenvalue weighted by Gasteiger charge is 2.20. The maximum atomic E-state index is 11.1. The minimum absolute atomic E-state index is 0.418. The summed E-state index contributed by atoms with van der Waals surface area (Å²) in [6, 6.07) is 7.76. The zero-order valence-corrected chi connectivity index (χ0v) is 11.6. The molecule has 100 valence electrons. The molecule has 1 atom stereocenters. The van der Waals surface area contributed by atoms with Crippen molar-refractivity contribution in [3.8, 4) is 0 Å². The Balaban J connectivity index is 2.69. The van der Waals surface area contributed by atoms with Crippen molar-refractivity contribution >= 4 is 11.7 Å². The van der Waals surface area contributed by atoms with E-state index < -0.39 is 12.0 Å². The molecule has 0 saturated carbocycles. The SMILES string of the molecule is CCC(C(=O)O)N(C)Cc1ccc(N(C)C)cc1. The predicted octanol–water partition coefficient (Wildman–Crippen LogP) is 2.05. The van der Waals surface area contributed by atoms with Crippen molar-refractivity contribution in [3.63, 3.8) is 0 Å². The van der Waals surface area contributed by atoms with Gasteiger partial charge in [0.1, 0.15) is 6.04 Å². The molecule has 0 fully saturated rings. The van der Waals surface area contributed by atoms with E-state index in [2.05, 4.69) is 0 Å². The maximum Gasteiger partial charge on any atom is 0.320 e. The van der Waals surface area contributed by atoms with Crippen LogP contribution < -0.4 is 4.90 Å². The molecule has 4 nitrogen and oxygen atoms in total. The molecule has 1 rings (SSSR count). The lowest BCUT2D eigenvalue weighted by Gasteiger charge is -2.23. The van der Waals surface area contributed by atoms with Crippen molar-refractivity contribution in [2.75, 3.05) is 26.0 Å². The highest BCUT2D eigenvalue weighted by atomic mass is 16.4. The number of benzene rings is 1. The molecule has 0 amide bonds. The van der Waals surface area contributed by atoms with Crippen LogP contribution in [-0.2, 0) is 11.3 Å². The summed E-state index contributed by atoms with van der Waals surface area (Å²) in [6.45, 7) is 2.54. The first-order valence-electron chi connectivity index (χ1n) is 6.15. The number of aliphatic carboxylic acids is 1. The molecule has 0 bridgehead atoms. The van der Waals surface area contributed by atoms with Crippen LogP contribution in [0.4, 0.5) is 5.69 Å². The lowest BCUT2D eigenvalue weighted by Crippen LogP contribution is -2.37. The Hall–Kier alpha value is -1.55. The van der Waals surface area contributed by atoms with Crippen molar-refractivity contribution < 1.29 is 9.90 Å². The number of nitrogens with zero attached hydrogens (tertiary/aromatic N) is 2. The Kier molecular flexibility index (Phi) is 5.16. The standard InChI is InChI=1S/C14H22N2O2/c1-5-13(14(17)18)16(4)10-11-6-8-12(9-7-11)15(2)3/h6-9,13H,5,10H2,1-4H3,(H,17,18). The third-order valence-electron chi connectivity index (χ3n) is 3.09. The van der Waals surface area contributed by atoms with E-state index >= 15 is 0 Å². The van der Waals surface area contributed by atoms with Crippen LogP contribution in [0, 0.1) is 0 Å². The molecule has 18 heavy (non-hydrogen) atoms. The van der Waals surface area contributed by atoms with Gasteiger partial charge in [-0.3, -0.25) is 9.69 Å². The molecular weight excluding hydrogens is 228 g/mol. The van der Waals surface area contributed by atoms with E-state index in [1.165, 1.54) is 0 Å². The normalized spacial score (nSPS) is 12.5. The number of rotatable bonds is 6. The highest BCUT2D eigenvalue weighted by molar-refractivity contribution is 5.73. The van der Waals surface area contributed by atoms with Crippen molar-refractivity contribution in [1.82, 2.24) is 4.90 Å². The third kappa shape index (κ3) is 3.74. The van der Waals surface area contributed by atoms with E-state index in [4.69, 9.17) is 5.11 Å². The number of anilines is 1. The second-order valence-corrected chi connectivity index (χ2v) is 4.74. The zero-order chi connectivity index (χ0) is 13.7. The van der Waals surface area contributed by atoms with Gasteiger partial charge < -0.3 is 10.0 Å². The lowest BCUT2D eigenvalue weighted by atomic mass is 10.1. The summed E-state index contributed by atoms with van der Waals surface area (Å²) in [5.41, 5.74) is 2.27. The molecular formula is C14H22N2O2. The minimum Gasteiger partial charge on any atom is -0.480 e. The second kappa shape index (κ2) is 6.40. The van der Waals surface area contributed by atoms with Crippen LogP contribution in [0.25, 0.3) is 0 Å². The molecule has 1 aromatic carbocycles. The Bertz CT molecular complexity index is 387. The molecule has 0 aliphatic rings. The van der Waals surface area contributed by atoms with Crippen molar-refractivity contribution in [1.29, 1.82) is 0 Å². The molecule has 0 radical (unpaired) electrons. The molecule has 4 heteroatoms. The van der Waals surface area contributed by atoms with Crippen LogP contribution in [0.15, 0.2) is 24.3 Å². The molecule has 0 saturated heterocycles. The summed E-state index contributed by atoms with van der Waals surface area (Å²) in [7, 11) is 5.85. The van der Waals surface area contributed by atoms with Gasteiger partial charge >= 0.3 is 5.97 Å². The van der Waals surface area contributed by atoms with Crippen LogP contribution in [0.3, 0.4) is 0 Å². The number of carboxylic acids is 1. The van der Waals surface area contributed by atoms with E-state index in [1.54, 1.807) is 0 Å². The number of hydrogen-bond donors (Lipinski definition) is 1. The number of carbonyl (C=O) groups is 1. The van der Waals surface area contributed by atoms with Gasteiger partial charge in [0.05, 0.1) is 0 Å². The van der Waals surface area contributed by atoms with E-state index in [9.17, 15) is 4.79 Å². The van der Waals surface area contributed by atoms with Crippen LogP contribution in [-0.4, -0.2) is 43.2 Å². The third-order valence-corrected chi connectivity index (χ3v) is 3.09. The van der Waals surface area contributed by atoms with Crippen LogP contribution in [0.5, 0.6) is 0 Å². The Morgan fingerprint density at radius 3 is 2.17 bits per heavy atom. The molecule has 1 aromatic rings. The smallest absolute Gasteiger partial charge is 0.320 e. The zero-order valence-electron chi connectivity index (χ0n) is 11.6. The second-order valence-electron chi connectivity index (χ2n) is 4.74. The fourth-order valence-electron chi connectivity index (χ4n) is 1.97. The number of likely N-dealkylation sites (N-methyl/N-ethyl adjacent to an activating group) is 1. The molecule has 1 unspecified atom stereocenters. The van der Waals surface area contributed by atoms with E-state index in [0.29, 0.717) is 13.0 Å². The first kappa shape index (κ1) is 14.5. The largest absolute Gasteiger partial charge is 0.480 e. The van der Waals surface area contributed by atoms with Crippen molar-refractivity contribution in [2.24, 2.45) is 0 Å². The average molecular weight is 250 g/mol. The summed E-state index contributed by atoms with van der Waals surface area (Å²) >= 11 is 0. The summed E-state index contributed by atoms with van der Waals surface area (Å²) in [5.74, 6) is -0.759.